The molecule has 9 heteroatoms. The minimum absolute atomic E-state index is 0.334. The van der Waals surface area contributed by atoms with Crippen LogP contribution in [0.2, 0.25) is 0 Å². The van der Waals surface area contributed by atoms with Crippen molar-refractivity contribution in [3.63, 3.8) is 0 Å². The summed E-state index contributed by atoms with van der Waals surface area (Å²) in [5.74, 6) is -2.15. The van der Waals surface area contributed by atoms with Gasteiger partial charge in [0.2, 0.25) is 0 Å². The van der Waals surface area contributed by atoms with Crippen LogP contribution in [0.3, 0.4) is 0 Å². The molecule has 1 fully saturated rings. The molecule has 0 aromatic carbocycles. The molecule has 0 atom stereocenters. The molecule has 0 unspecified atom stereocenters. The van der Waals surface area contributed by atoms with Crippen molar-refractivity contribution in [2.45, 2.75) is 13.0 Å². The summed E-state index contributed by atoms with van der Waals surface area (Å²) in [6.07, 6.45) is -4.90. The van der Waals surface area contributed by atoms with E-state index in [9.17, 15) is 22.8 Å². The highest BCUT2D eigenvalue weighted by Gasteiger charge is 2.56. The molecule has 0 radical (unpaired) electrons. The van der Waals surface area contributed by atoms with Crippen molar-refractivity contribution in [1.82, 2.24) is 4.90 Å². The molecule has 0 spiro atoms. The van der Waals surface area contributed by atoms with E-state index in [0.29, 0.717) is 6.54 Å². The zero-order chi connectivity index (χ0) is 12.3. The Bertz CT molecular complexity index is 276. The molecule has 0 aromatic rings. The van der Waals surface area contributed by atoms with Gasteiger partial charge in [0.1, 0.15) is 0 Å². The average Bonchev–Trinajstić information content (AvgIpc) is 2.11. The summed E-state index contributed by atoms with van der Waals surface area (Å²) >= 11 is 0. The third-order valence-electron chi connectivity index (χ3n) is 1.90. The van der Waals surface area contributed by atoms with Gasteiger partial charge in [0.15, 0.2) is 0 Å². The van der Waals surface area contributed by atoms with Gasteiger partial charge in [0.25, 0.3) is 0 Å². The van der Waals surface area contributed by atoms with Crippen molar-refractivity contribution in [2.24, 2.45) is 0 Å². The van der Waals surface area contributed by atoms with Crippen molar-refractivity contribution in [3.8, 4) is 0 Å². The number of halogens is 3. The highest BCUT2D eigenvalue weighted by molar-refractivity contribution is 6.51. The van der Waals surface area contributed by atoms with E-state index in [-0.39, 0.29) is 13.1 Å². The van der Waals surface area contributed by atoms with Gasteiger partial charge >= 0.3 is 25.1 Å². The number of carbonyl (C=O) groups excluding carboxylic acids is 2. The van der Waals surface area contributed by atoms with E-state index in [2.05, 4.69) is 9.31 Å². The molecule has 0 amide bonds. The average molecular weight is 239 g/mol. The van der Waals surface area contributed by atoms with E-state index >= 15 is 0 Å². The molecule has 0 aliphatic carbocycles. The lowest BCUT2D eigenvalue weighted by Crippen LogP contribution is -2.50. The first-order chi connectivity index (χ1) is 7.32. The maximum absolute atomic E-state index is 12.2. The summed E-state index contributed by atoms with van der Waals surface area (Å²) in [5.41, 5.74) is 0. The van der Waals surface area contributed by atoms with Crippen LogP contribution < -0.4 is 0 Å². The monoisotopic (exact) mass is 239 g/mol. The van der Waals surface area contributed by atoms with Crippen LogP contribution in [0, 0.1) is 0 Å². The number of hydrogen-bond donors (Lipinski definition) is 0. The molecule has 1 aliphatic heterocycles. The zero-order valence-corrected chi connectivity index (χ0v) is 8.41. The Balaban J connectivity index is 2.75. The van der Waals surface area contributed by atoms with E-state index in [0.717, 1.165) is 0 Å². The molecule has 1 aliphatic rings. The van der Waals surface area contributed by atoms with E-state index in [1.54, 1.807) is 6.92 Å². The number of alkyl halides is 3. The van der Waals surface area contributed by atoms with Crippen LogP contribution in [0.25, 0.3) is 0 Å². The van der Waals surface area contributed by atoms with Crippen LogP contribution in [0.5, 0.6) is 0 Å². The van der Waals surface area contributed by atoms with Crippen LogP contribution in [0.15, 0.2) is 0 Å². The molecular weight excluding hydrogens is 230 g/mol. The van der Waals surface area contributed by atoms with E-state index in [4.69, 9.17) is 0 Å². The zero-order valence-electron chi connectivity index (χ0n) is 8.41. The second kappa shape index (κ2) is 4.73. The Morgan fingerprint density at radius 1 is 1.25 bits per heavy atom. The van der Waals surface area contributed by atoms with Gasteiger partial charge in [-0.1, -0.05) is 6.92 Å². The largest absolute Gasteiger partial charge is 0.713 e. The lowest BCUT2D eigenvalue weighted by molar-refractivity contribution is -0.155. The molecule has 1 saturated heterocycles. The molecule has 90 valence electrons. The fourth-order valence-electron chi connectivity index (χ4n) is 1.12. The quantitative estimate of drug-likeness (QED) is 0.602. The van der Waals surface area contributed by atoms with E-state index < -0.39 is 25.1 Å². The summed E-state index contributed by atoms with van der Waals surface area (Å²) in [7, 11) is -2.80. The van der Waals surface area contributed by atoms with Crippen LogP contribution in [0.4, 0.5) is 13.2 Å². The minimum Gasteiger partial charge on any atom is -0.492 e. The Labute approximate surface area is 89.6 Å². The maximum Gasteiger partial charge on any atom is 0.713 e. The standard InChI is InChI=1S/C7H9BF3NO4/c1-2-12-3-5(13)15-8(7(9,10)11)16-6(14)4-12/h2-4H2,1H3. The first-order valence-corrected chi connectivity index (χ1v) is 4.51. The third kappa shape index (κ3) is 3.40. The van der Waals surface area contributed by atoms with Crippen LogP contribution in [-0.2, 0) is 18.9 Å². The SMILES string of the molecule is CCN1CC(=O)OB(C(F)(F)F)OC(=O)C1. The first-order valence-electron chi connectivity index (χ1n) is 4.51. The molecule has 5 nitrogen and oxygen atoms in total. The Morgan fingerprint density at radius 3 is 2.00 bits per heavy atom. The molecule has 16 heavy (non-hydrogen) atoms. The van der Waals surface area contributed by atoms with Crippen molar-refractivity contribution in [3.05, 3.63) is 0 Å². The lowest BCUT2D eigenvalue weighted by Gasteiger charge is -2.24. The maximum atomic E-state index is 12.2. The van der Waals surface area contributed by atoms with Gasteiger partial charge in [-0.15, -0.1) is 0 Å². The van der Waals surface area contributed by atoms with Crippen LogP contribution in [-0.4, -0.2) is 49.7 Å². The van der Waals surface area contributed by atoms with Crippen molar-refractivity contribution < 1.29 is 32.1 Å². The normalized spacial score (nSPS) is 19.9. The van der Waals surface area contributed by atoms with Crippen molar-refractivity contribution >= 4 is 19.1 Å². The van der Waals surface area contributed by atoms with Crippen molar-refractivity contribution in [2.75, 3.05) is 19.6 Å². The van der Waals surface area contributed by atoms with Gasteiger partial charge in [-0.05, 0) is 6.54 Å². The summed E-state index contributed by atoms with van der Waals surface area (Å²) < 4.78 is 44.7. The highest BCUT2D eigenvalue weighted by atomic mass is 19.4. The third-order valence-corrected chi connectivity index (χ3v) is 1.90. The van der Waals surface area contributed by atoms with Gasteiger partial charge in [0.05, 0.1) is 13.1 Å². The predicted octanol–water partition coefficient (Wildman–Crippen LogP) is -0.00200. The van der Waals surface area contributed by atoms with E-state index in [1.165, 1.54) is 4.90 Å². The molecule has 0 saturated carbocycles. The number of hydrogen-bond acceptors (Lipinski definition) is 5. The fourth-order valence-corrected chi connectivity index (χ4v) is 1.12. The topological polar surface area (TPSA) is 55.8 Å². The predicted molar refractivity (Wildman–Crippen MR) is 46.1 cm³/mol. The molecular formula is C7H9BF3NO4. The van der Waals surface area contributed by atoms with Crippen LogP contribution in [0.1, 0.15) is 6.92 Å². The number of carbonyl (C=O) groups is 2. The van der Waals surface area contributed by atoms with E-state index in [1.807, 2.05) is 0 Å². The molecule has 1 heterocycles. The minimum atomic E-state index is -4.90. The van der Waals surface area contributed by atoms with Gasteiger partial charge in [0, 0.05) is 0 Å². The van der Waals surface area contributed by atoms with Gasteiger partial charge < -0.3 is 9.31 Å². The number of rotatable bonds is 1. The van der Waals surface area contributed by atoms with Gasteiger partial charge in [-0.25, -0.2) is 0 Å². The second-order valence-corrected chi connectivity index (χ2v) is 3.16. The van der Waals surface area contributed by atoms with Gasteiger partial charge in [-0.2, -0.15) is 13.2 Å². The Kier molecular flexibility index (Phi) is 3.79. The Morgan fingerprint density at radius 2 is 1.69 bits per heavy atom. The molecule has 1 rings (SSSR count). The second-order valence-electron chi connectivity index (χ2n) is 3.16. The highest BCUT2D eigenvalue weighted by Crippen LogP contribution is 2.21. The molecule has 0 bridgehead atoms. The number of likely N-dealkylation sites (N-methyl/N-ethyl adjacent to an activating group) is 1. The van der Waals surface area contributed by atoms with Crippen LogP contribution >= 0.6 is 0 Å². The smallest absolute Gasteiger partial charge is 0.492 e. The lowest BCUT2D eigenvalue weighted by atomic mass is 9.89. The summed E-state index contributed by atoms with van der Waals surface area (Å²) in [6, 6.07) is 0. The number of nitrogens with zero attached hydrogens (tertiary/aromatic N) is 1. The first kappa shape index (κ1) is 12.8. The molecule has 0 N–H and O–H groups in total. The van der Waals surface area contributed by atoms with Gasteiger partial charge in [-0.3, -0.25) is 14.5 Å². The summed E-state index contributed by atoms with van der Waals surface area (Å²) in [4.78, 5) is 23.3. The summed E-state index contributed by atoms with van der Waals surface area (Å²) in [6.45, 7) is 1.26. The fraction of sp³-hybridized carbons (Fsp3) is 0.714. The molecule has 0 aromatic heterocycles. The Hall–Kier alpha value is -1.25. The summed E-state index contributed by atoms with van der Waals surface area (Å²) in [5, 5.41) is 0. The van der Waals surface area contributed by atoms with Crippen molar-refractivity contribution in [1.29, 1.82) is 0 Å².